The van der Waals surface area contributed by atoms with Crippen LogP contribution < -0.4 is 11.1 Å². The Morgan fingerprint density at radius 1 is 1.02 bits per heavy atom. The molecule has 3 N–H and O–H groups in total. The molecule has 266 valence electrons. The third-order valence-electron chi connectivity index (χ3n) is 6.14. The standard InChI is InChI=1S/C21H28N6O3.C9H15N.C3H6.C2H6.CH3NO/c1-4-5-10-25-13-21(30)26-14-20(29)24(12-19(26)27(25)16-28)11-17-8-6-7-9-18(17)22-15-23(2)3;1-3-4-5-6-7-8-9-10-2;1-3-2;1-2;2-1-3/h4,6-9,15-16,19H,1,5,10-14H2,2-3H3;3-8,10H,9H2,1-2H3;3H,1H2,2H3;1-2H3;1H,(H2,2,3)/b;4-3-,6-5-,8-7+;;;. The first kappa shape index (κ1) is 45.3. The van der Waals surface area contributed by atoms with Crippen LogP contribution >= 0.6 is 0 Å². The molecule has 4 amide bonds. The number of nitrogens with zero attached hydrogens (tertiary/aromatic N) is 6. The summed E-state index contributed by atoms with van der Waals surface area (Å²) in [6.07, 6.45) is 18.5. The van der Waals surface area contributed by atoms with Crippen LogP contribution in [-0.2, 0) is 25.7 Å². The molecule has 2 heterocycles. The highest BCUT2D eigenvalue weighted by atomic mass is 16.2. The summed E-state index contributed by atoms with van der Waals surface area (Å²) in [5.41, 5.74) is 5.85. The number of hydrazine groups is 1. The molecule has 0 spiro atoms. The van der Waals surface area contributed by atoms with E-state index in [9.17, 15) is 14.4 Å². The first-order valence-electron chi connectivity index (χ1n) is 16.0. The summed E-state index contributed by atoms with van der Waals surface area (Å²) in [7, 11) is 5.71. The number of carbonyl (C=O) groups excluding carboxylic acids is 4. The lowest BCUT2D eigenvalue weighted by Gasteiger charge is -2.51. The summed E-state index contributed by atoms with van der Waals surface area (Å²) < 4.78 is 0. The molecule has 12 heteroatoms. The number of allylic oxidation sites excluding steroid dienone is 6. The predicted octanol–water partition coefficient (Wildman–Crippen LogP) is 3.88. The van der Waals surface area contributed by atoms with Crippen molar-refractivity contribution < 1.29 is 19.2 Å². The van der Waals surface area contributed by atoms with Crippen LogP contribution in [-0.4, -0.2) is 116 Å². The van der Waals surface area contributed by atoms with Gasteiger partial charge >= 0.3 is 0 Å². The second-order valence-corrected chi connectivity index (χ2v) is 10.0. The van der Waals surface area contributed by atoms with Crippen molar-refractivity contribution in [1.29, 1.82) is 0 Å². The molecule has 48 heavy (non-hydrogen) atoms. The van der Waals surface area contributed by atoms with Gasteiger partial charge in [-0.2, -0.15) is 0 Å². The van der Waals surface area contributed by atoms with E-state index in [-0.39, 0.29) is 37.9 Å². The van der Waals surface area contributed by atoms with E-state index in [1.54, 1.807) is 28.4 Å². The van der Waals surface area contributed by atoms with Crippen molar-refractivity contribution in [2.75, 3.05) is 53.9 Å². The van der Waals surface area contributed by atoms with Crippen molar-refractivity contribution in [3.63, 3.8) is 0 Å². The highest BCUT2D eigenvalue weighted by Gasteiger charge is 2.44. The third-order valence-corrected chi connectivity index (χ3v) is 6.14. The van der Waals surface area contributed by atoms with E-state index < -0.39 is 6.17 Å². The molecule has 3 rings (SSSR count). The van der Waals surface area contributed by atoms with Crippen molar-refractivity contribution in [2.24, 2.45) is 10.7 Å². The number of fused-ring (bicyclic) bond motifs is 1. The van der Waals surface area contributed by atoms with Gasteiger partial charge in [-0.05, 0) is 38.9 Å². The van der Waals surface area contributed by atoms with Crippen LogP contribution in [0, 0.1) is 0 Å². The fourth-order valence-corrected chi connectivity index (χ4v) is 4.13. The summed E-state index contributed by atoms with van der Waals surface area (Å²) in [5.74, 6) is -0.289. The Bertz CT molecular complexity index is 1190. The van der Waals surface area contributed by atoms with E-state index in [0.29, 0.717) is 19.5 Å². The Kier molecular flexibility index (Phi) is 27.9. The molecule has 0 radical (unpaired) electrons. The zero-order valence-corrected chi connectivity index (χ0v) is 30.0. The molecule has 0 bridgehead atoms. The van der Waals surface area contributed by atoms with Gasteiger partial charge in [0.15, 0.2) is 0 Å². The van der Waals surface area contributed by atoms with Gasteiger partial charge in [-0.1, -0.05) is 80.7 Å². The Morgan fingerprint density at radius 3 is 2.21 bits per heavy atom. The van der Waals surface area contributed by atoms with Crippen molar-refractivity contribution in [3.8, 4) is 0 Å². The summed E-state index contributed by atoms with van der Waals surface area (Å²) in [6, 6.07) is 7.64. The highest BCUT2D eigenvalue weighted by molar-refractivity contribution is 5.88. The fourth-order valence-electron chi connectivity index (χ4n) is 4.13. The van der Waals surface area contributed by atoms with Crippen LogP contribution in [0.1, 0.15) is 39.7 Å². The van der Waals surface area contributed by atoms with E-state index in [2.05, 4.69) is 35.3 Å². The molecule has 2 fully saturated rings. The molecule has 0 saturated carbocycles. The molecule has 1 aromatic rings. The van der Waals surface area contributed by atoms with Crippen molar-refractivity contribution in [3.05, 3.63) is 91.6 Å². The van der Waals surface area contributed by atoms with Crippen LogP contribution in [0.15, 0.2) is 91.0 Å². The zero-order valence-electron chi connectivity index (χ0n) is 30.0. The number of aliphatic imine (C=N–C) groups is 1. The topological polar surface area (TPSA) is 135 Å². The van der Waals surface area contributed by atoms with Crippen LogP contribution in [0.2, 0.25) is 0 Å². The molecular weight excluding hydrogens is 608 g/mol. The SMILES string of the molecule is C=CC.C=CCCN1CC(=O)N2CC(=O)N(Cc3ccccc3N=CN(C)C)CC2N1C=O.CC.C\C=C/C=C\C=C\CNC.NC=O. The molecular formula is C36H58N8O4. The largest absolute Gasteiger partial charge is 0.372 e. The highest BCUT2D eigenvalue weighted by Crippen LogP contribution is 2.25. The maximum absolute atomic E-state index is 12.8. The van der Waals surface area contributed by atoms with E-state index in [4.69, 9.17) is 4.79 Å². The van der Waals surface area contributed by atoms with Gasteiger partial charge < -0.3 is 25.8 Å². The normalized spacial score (nSPS) is 15.7. The molecule has 1 aromatic carbocycles. The lowest BCUT2D eigenvalue weighted by molar-refractivity contribution is -0.193. The Morgan fingerprint density at radius 2 is 1.65 bits per heavy atom. The zero-order chi connectivity index (χ0) is 36.7. The van der Waals surface area contributed by atoms with E-state index in [1.807, 2.05) is 108 Å². The lowest BCUT2D eigenvalue weighted by atomic mass is 10.1. The number of nitrogens with one attached hydrogen (secondary N) is 1. The molecule has 1 unspecified atom stereocenters. The number of hydrogen-bond donors (Lipinski definition) is 2. The van der Waals surface area contributed by atoms with E-state index in [0.717, 1.165) is 24.2 Å². The Balaban J connectivity index is 0. The minimum Gasteiger partial charge on any atom is -0.372 e. The summed E-state index contributed by atoms with van der Waals surface area (Å²) >= 11 is 0. The monoisotopic (exact) mass is 666 g/mol. The fraction of sp³-hybridized carbons (Fsp3) is 0.417. The van der Waals surface area contributed by atoms with Crippen LogP contribution in [0.25, 0.3) is 0 Å². The van der Waals surface area contributed by atoms with Gasteiger partial charge in [0, 0.05) is 33.7 Å². The quantitative estimate of drug-likeness (QED) is 0.114. The van der Waals surface area contributed by atoms with Crippen molar-refractivity contribution >= 4 is 36.7 Å². The molecule has 1 atom stereocenters. The molecule has 2 aliphatic rings. The summed E-state index contributed by atoms with van der Waals surface area (Å²) in [6.45, 7) is 17.1. The van der Waals surface area contributed by atoms with Crippen molar-refractivity contribution in [2.45, 2.75) is 46.8 Å². The van der Waals surface area contributed by atoms with Gasteiger partial charge in [0.1, 0.15) is 12.7 Å². The molecule has 0 aliphatic carbocycles. The number of para-hydroxylation sites is 1. The number of carbonyl (C=O) groups is 4. The number of nitrogens with two attached hydrogens (primary N) is 1. The molecule has 2 saturated heterocycles. The van der Waals surface area contributed by atoms with Crippen LogP contribution in [0.3, 0.4) is 0 Å². The first-order chi connectivity index (χ1) is 23.2. The second-order valence-electron chi connectivity index (χ2n) is 10.0. The Labute approximate surface area is 288 Å². The molecule has 2 aliphatic heterocycles. The van der Waals surface area contributed by atoms with Gasteiger partial charge in [0.05, 0.1) is 25.1 Å². The van der Waals surface area contributed by atoms with E-state index >= 15 is 0 Å². The van der Waals surface area contributed by atoms with Gasteiger partial charge in [0.2, 0.25) is 24.6 Å². The smallest absolute Gasteiger partial charge is 0.242 e. The van der Waals surface area contributed by atoms with Crippen LogP contribution in [0.5, 0.6) is 0 Å². The number of likely N-dealkylation sites (N-methyl/N-ethyl adjacent to an activating group) is 1. The Hall–Kier alpha value is -4.81. The molecule has 12 nitrogen and oxygen atoms in total. The summed E-state index contributed by atoms with van der Waals surface area (Å²) in [4.78, 5) is 55.3. The number of hydrogen-bond acceptors (Lipinski definition) is 7. The average Bonchev–Trinajstić information content (AvgIpc) is 3.07. The maximum atomic E-state index is 12.8. The minimum atomic E-state index is -0.510. The lowest BCUT2D eigenvalue weighted by Crippen LogP contribution is -2.71. The predicted molar refractivity (Wildman–Crippen MR) is 198 cm³/mol. The van der Waals surface area contributed by atoms with Gasteiger partial charge in [-0.25, -0.2) is 10.0 Å². The number of benzene rings is 1. The molecule has 0 aromatic heterocycles. The third kappa shape index (κ3) is 18.4. The number of primary amides is 1. The minimum absolute atomic E-state index is 0.0354. The van der Waals surface area contributed by atoms with Gasteiger partial charge in [-0.3, -0.25) is 24.2 Å². The van der Waals surface area contributed by atoms with Gasteiger partial charge in [-0.15, -0.1) is 13.2 Å². The average molecular weight is 667 g/mol. The number of piperazine rings is 1. The van der Waals surface area contributed by atoms with Crippen molar-refractivity contribution in [1.82, 2.24) is 30.0 Å². The second kappa shape index (κ2) is 29.6. The number of rotatable bonds is 12. The van der Waals surface area contributed by atoms with Gasteiger partial charge in [0.25, 0.3) is 0 Å². The maximum Gasteiger partial charge on any atom is 0.242 e. The number of amides is 4. The first-order valence-corrected chi connectivity index (χ1v) is 16.0. The van der Waals surface area contributed by atoms with E-state index in [1.165, 1.54) is 9.91 Å². The summed E-state index contributed by atoms with van der Waals surface area (Å²) in [5, 5.41) is 6.27. The van der Waals surface area contributed by atoms with Crippen LogP contribution in [0.4, 0.5) is 5.69 Å².